The van der Waals surface area contributed by atoms with Gasteiger partial charge in [0.05, 0.1) is 0 Å². The van der Waals surface area contributed by atoms with Crippen LogP contribution >= 0.6 is 67.6 Å². The topological polar surface area (TPSA) is 6.48 Å². The Hall–Kier alpha value is 1.18. The minimum Gasteiger partial charge on any atom is -0.354 e. The third kappa shape index (κ3) is 20.1. The van der Waals surface area contributed by atoms with Crippen molar-refractivity contribution in [1.29, 1.82) is 0 Å². The summed E-state index contributed by atoms with van der Waals surface area (Å²) in [4.78, 5) is 5.17. The highest BCUT2D eigenvalue weighted by molar-refractivity contribution is 8.84. The normalized spacial score (nSPS) is 16.8. The number of rotatable bonds is 26. The Morgan fingerprint density at radius 1 is 0.543 bits per heavy atom. The van der Waals surface area contributed by atoms with Crippen LogP contribution in [0, 0.1) is 0 Å². The summed E-state index contributed by atoms with van der Waals surface area (Å²) in [6.45, 7) is 9.20. The third-order valence-corrected chi connectivity index (χ3v) is 16.6. The predicted octanol–water partition coefficient (Wildman–Crippen LogP) is 14.6. The van der Waals surface area contributed by atoms with Gasteiger partial charge in [0, 0.05) is 36.2 Å². The largest absolute Gasteiger partial charge is 0.354 e. The van der Waals surface area contributed by atoms with Crippen molar-refractivity contribution in [2.45, 2.75) is 211 Å². The molecule has 2 fully saturated rings. The van der Waals surface area contributed by atoms with Crippen LogP contribution in [-0.2, 0) is 0 Å². The minimum atomic E-state index is 0.698. The summed E-state index contributed by atoms with van der Waals surface area (Å²) in [7, 11) is 7.96. The highest BCUT2D eigenvalue weighted by Gasteiger charge is 2.25. The Bertz CT molecular complexity index is 741. The maximum absolute atomic E-state index is 6.06. The van der Waals surface area contributed by atoms with Crippen LogP contribution in [0.3, 0.4) is 0 Å². The lowest BCUT2D eigenvalue weighted by Gasteiger charge is -2.36. The van der Waals surface area contributed by atoms with Gasteiger partial charge in [-0.2, -0.15) is 0 Å². The SMILES string of the molecule is CCCCCCCCC(CCCCCCCCCSSC(=S)N(CCC)C1CCCCC1)SSC(=S)N(CCC)C1CCCCC1. The van der Waals surface area contributed by atoms with E-state index in [2.05, 4.69) is 41.4 Å². The molecule has 46 heavy (non-hydrogen) atoms. The van der Waals surface area contributed by atoms with Crippen molar-refractivity contribution in [1.82, 2.24) is 9.80 Å². The van der Waals surface area contributed by atoms with E-state index in [4.69, 9.17) is 24.4 Å². The first kappa shape index (κ1) is 43.3. The molecule has 0 radical (unpaired) electrons. The molecule has 0 bridgehead atoms. The molecule has 0 heterocycles. The zero-order valence-electron chi connectivity index (χ0n) is 30.3. The van der Waals surface area contributed by atoms with E-state index in [1.54, 1.807) is 0 Å². The van der Waals surface area contributed by atoms with Crippen molar-refractivity contribution < 1.29 is 0 Å². The monoisotopic (exact) mass is 748 g/mol. The molecule has 2 rings (SSSR count). The smallest absolute Gasteiger partial charge is 0.147 e. The fourth-order valence-electron chi connectivity index (χ4n) is 7.22. The molecule has 0 aromatic rings. The quantitative estimate of drug-likeness (QED) is 0.0484. The average molecular weight is 749 g/mol. The highest BCUT2D eigenvalue weighted by Crippen LogP contribution is 2.37. The van der Waals surface area contributed by atoms with Gasteiger partial charge in [0.2, 0.25) is 0 Å². The number of hydrogen-bond donors (Lipinski definition) is 0. The lowest BCUT2D eigenvalue weighted by atomic mass is 9.94. The van der Waals surface area contributed by atoms with Crippen molar-refractivity contribution in [3.05, 3.63) is 0 Å². The molecule has 0 aromatic carbocycles. The van der Waals surface area contributed by atoms with Gasteiger partial charge >= 0.3 is 0 Å². The molecule has 0 spiro atoms. The Morgan fingerprint density at radius 2 is 0.978 bits per heavy atom. The molecule has 0 aromatic heterocycles. The summed E-state index contributed by atoms with van der Waals surface area (Å²) in [6.07, 6.45) is 37.0. The Labute approximate surface area is 314 Å². The van der Waals surface area contributed by atoms with E-state index in [0.717, 1.165) is 22.7 Å². The van der Waals surface area contributed by atoms with Crippen LogP contribution in [-0.4, -0.2) is 54.6 Å². The van der Waals surface area contributed by atoms with Crippen LogP contribution < -0.4 is 0 Å². The maximum atomic E-state index is 6.06. The standard InChI is InChI=1S/C38H72N2S6/c1-4-7-8-9-13-22-29-36(44-46-38(42)40(32-6-3)35-27-20-17-21-28-35)30-23-14-11-10-12-15-24-33-43-45-37(41)39(31-5-2)34-25-18-16-19-26-34/h34-36H,4-33H2,1-3H3. The fraction of sp³-hybridized carbons (Fsp3) is 0.947. The van der Waals surface area contributed by atoms with Gasteiger partial charge in [-0.15, -0.1) is 0 Å². The van der Waals surface area contributed by atoms with E-state index in [1.807, 2.05) is 32.4 Å². The van der Waals surface area contributed by atoms with Gasteiger partial charge in [-0.1, -0.05) is 182 Å². The first-order chi connectivity index (χ1) is 22.6. The number of hydrogen-bond acceptors (Lipinski definition) is 6. The maximum Gasteiger partial charge on any atom is 0.147 e. The molecule has 2 aliphatic rings. The molecule has 1 atom stereocenters. The highest BCUT2D eigenvalue weighted by atomic mass is 33.1. The van der Waals surface area contributed by atoms with Crippen LogP contribution in [0.4, 0.5) is 0 Å². The lowest BCUT2D eigenvalue weighted by Crippen LogP contribution is -2.39. The molecule has 2 saturated carbocycles. The molecule has 8 heteroatoms. The lowest BCUT2D eigenvalue weighted by molar-refractivity contribution is 0.251. The summed E-state index contributed by atoms with van der Waals surface area (Å²) in [6, 6.07) is 1.40. The second-order valence-electron chi connectivity index (χ2n) is 14.0. The summed E-state index contributed by atoms with van der Waals surface area (Å²) >= 11 is 11.9. The van der Waals surface area contributed by atoms with Gasteiger partial charge in [0.25, 0.3) is 0 Å². The molecule has 0 saturated heterocycles. The van der Waals surface area contributed by atoms with Crippen molar-refractivity contribution in [2.75, 3.05) is 18.8 Å². The van der Waals surface area contributed by atoms with Crippen molar-refractivity contribution in [3.8, 4) is 0 Å². The molecule has 0 aliphatic heterocycles. The third-order valence-electron chi connectivity index (χ3n) is 9.95. The van der Waals surface area contributed by atoms with Crippen LogP contribution in [0.5, 0.6) is 0 Å². The van der Waals surface area contributed by atoms with Gasteiger partial charge in [-0.05, 0) is 79.4 Å². The number of nitrogens with zero attached hydrogens (tertiary/aromatic N) is 2. The minimum absolute atomic E-state index is 0.698. The van der Waals surface area contributed by atoms with Crippen molar-refractivity contribution in [2.24, 2.45) is 0 Å². The molecular weight excluding hydrogens is 677 g/mol. The second-order valence-corrected chi connectivity index (χ2v) is 20.2. The zero-order valence-corrected chi connectivity index (χ0v) is 35.2. The summed E-state index contributed by atoms with van der Waals surface area (Å²) in [5, 5.41) is 0.760. The van der Waals surface area contributed by atoms with Crippen molar-refractivity contribution in [3.63, 3.8) is 0 Å². The second kappa shape index (κ2) is 29.9. The summed E-state index contributed by atoms with van der Waals surface area (Å²) in [5.41, 5.74) is 0. The predicted molar refractivity (Wildman–Crippen MR) is 227 cm³/mol. The first-order valence-electron chi connectivity index (χ1n) is 19.8. The van der Waals surface area contributed by atoms with E-state index < -0.39 is 0 Å². The Kier molecular flexibility index (Phi) is 28.1. The van der Waals surface area contributed by atoms with Crippen LogP contribution in [0.2, 0.25) is 0 Å². The van der Waals surface area contributed by atoms with Crippen molar-refractivity contribution >= 4 is 76.3 Å². The Balaban J connectivity index is 1.60. The van der Waals surface area contributed by atoms with Gasteiger partial charge in [-0.3, -0.25) is 0 Å². The van der Waals surface area contributed by atoms with E-state index in [1.165, 1.54) is 183 Å². The van der Waals surface area contributed by atoms with Gasteiger partial charge in [-0.25, -0.2) is 0 Å². The van der Waals surface area contributed by atoms with E-state index >= 15 is 0 Å². The number of thiocarbonyl (C=S) groups is 2. The first-order valence-corrected chi connectivity index (χ1v) is 25.2. The average Bonchev–Trinajstić information content (AvgIpc) is 3.08. The molecule has 0 N–H and O–H groups in total. The van der Waals surface area contributed by atoms with Gasteiger partial charge in [0.15, 0.2) is 0 Å². The van der Waals surface area contributed by atoms with Crippen LogP contribution in [0.25, 0.3) is 0 Å². The number of unbranched alkanes of at least 4 members (excludes halogenated alkanes) is 11. The molecular formula is C38H72N2S6. The summed E-state index contributed by atoms with van der Waals surface area (Å²) < 4.78 is 2.32. The molecule has 0 amide bonds. The van der Waals surface area contributed by atoms with Gasteiger partial charge < -0.3 is 9.80 Å². The fourth-order valence-corrected chi connectivity index (χ4v) is 13.1. The molecule has 270 valence electrons. The van der Waals surface area contributed by atoms with E-state index in [9.17, 15) is 0 Å². The van der Waals surface area contributed by atoms with E-state index in [0.29, 0.717) is 12.1 Å². The van der Waals surface area contributed by atoms with Crippen LogP contribution in [0.1, 0.15) is 194 Å². The molecule has 2 aliphatic carbocycles. The molecule has 1 unspecified atom stereocenters. The van der Waals surface area contributed by atoms with Gasteiger partial charge in [0.1, 0.15) is 8.64 Å². The summed E-state index contributed by atoms with van der Waals surface area (Å²) in [5.74, 6) is 1.24. The Morgan fingerprint density at radius 3 is 1.46 bits per heavy atom. The zero-order chi connectivity index (χ0) is 33.1. The molecule has 2 nitrogen and oxygen atoms in total. The van der Waals surface area contributed by atoms with E-state index in [-0.39, 0.29) is 0 Å². The van der Waals surface area contributed by atoms with Crippen LogP contribution in [0.15, 0.2) is 0 Å².